The van der Waals surface area contributed by atoms with Gasteiger partial charge in [-0.3, -0.25) is 4.79 Å². The molecule has 0 saturated carbocycles. The molecule has 1 unspecified atom stereocenters. The third-order valence-corrected chi connectivity index (χ3v) is 3.66. The lowest BCUT2D eigenvalue weighted by molar-refractivity contribution is -0.144. The predicted molar refractivity (Wildman–Crippen MR) is 91.9 cm³/mol. The van der Waals surface area contributed by atoms with Crippen LogP contribution in [0.15, 0.2) is 40.8 Å². The SMILES string of the molecule is CCOC(=O)C(N)Cc1ccc(COc2ccc(C(C)C)cc2)o1. The van der Waals surface area contributed by atoms with Crippen molar-refractivity contribution in [1.82, 2.24) is 0 Å². The minimum Gasteiger partial charge on any atom is -0.486 e. The summed E-state index contributed by atoms with van der Waals surface area (Å²) in [4.78, 5) is 11.5. The van der Waals surface area contributed by atoms with Gasteiger partial charge in [-0.25, -0.2) is 0 Å². The van der Waals surface area contributed by atoms with Crippen molar-refractivity contribution in [2.24, 2.45) is 5.73 Å². The molecule has 0 saturated heterocycles. The van der Waals surface area contributed by atoms with Crippen LogP contribution in [0.25, 0.3) is 0 Å². The third kappa shape index (κ3) is 5.13. The largest absolute Gasteiger partial charge is 0.486 e. The summed E-state index contributed by atoms with van der Waals surface area (Å²) in [5.41, 5.74) is 7.06. The van der Waals surface area contributed by atoms with Crippen LogP contribution in [0.4, 0.5) is 0 Å². The highest BCUT2D eigenvalue weighted by Gasteiger charge is 2.17. The van der Waals surface area contributed by atoms with Gasteiger partial charge in [0.1, 0.15) is 29.9 Å². The minimum atomic E-state index is -0.714. The van der Waals surface area contributed by atoms with E-state index in [1.54, 1.807) is 13.0 Å². The Hall–Kier alpha value is -2.27. The summed E-state index contributed by atoms with van der Waals surface area (Å²) in [5.74, 6) is 2.20. The first-order chi connectivity index (χ1) is 11.5. The fourth-order valence-corrected chi connectivity index (χ4v) is 2.26. The maximum atomic E-state index is 11.5. The van der Waals surface area contributed by atoms with E-state index >= 15 is 0 Å². The van der Waals surface area contributed by atoms with Crippen molar-refractivity contribution < 1.29 is 18.7 Å². The summed E-state index contributed by atoms with van der Waals surface area (Å²) in [5, 5.41) is 0. The maximum absolute atomic E-state index is 11.5. The lowest BCUT2D eigenvalue weighted by Gasteiger charge is -2.09. The highest BCUT2D eigenvalue weighted by atomic mass is 16.5. The minimum absolute atomic E-state index is 0.307. The Morgan fingerprint density at radius 3 is 2.42 bits per heavy atom. The van der Waals surface area contributed by atoms with Crippen LogP contribution < -0.4 is 10.5 Å². The van der Waals surface area contributed by atoms with Crippen molar-refractivity contribution in [2.45, 2.75) is 45.8 Å². The quantitative estimate of drug-likeness (QED) is 0.750. The maximum Gasteiger partial charge on any atom is 0.323 e. The lowest BCUT2D eigenvalue weighted by Crippen LogP contribution is -2.34. The topological polar surface area (TPSA) is 74.7 Å². The average molecular weight is 331 g/mol. The molecule has 0 radical (unpaired) electrons. The molecule has 1 heterocycles. The zero-order valence-electron chi connectivity index (χ0n) is 14.5. The number of carbonyl (C=O) groups excluding carboxylic acids is 1. The number of ether oxygens (including phenoxy) is 2. The summed E-state index contributed by atoms with van der Waals surface area (Å²) >= 11 is 0. The van der Waals surface area contributed by atoms with E-state index in [2.05, 4.69) is 26.0 Å². The second-order valence-electron chi connectivity index (χ2n) is 5.94. The molecule has 0 aliphatic rings. The predicted octanol–water partition coefficient (Wildman–Crippen LogP) is 3.41. The van der Waals surface area contributed by atoms with E-state index in [0.717, 1.165) is 5.75 Å². The zero-order chi connectivity index (χ0) is 17.5. The van der Waals surface area contributed by atoms with Gasteiger partial charge in [0.2, 0.25) is 0 Å². The molecule has 2 rings (SSSR count). The van der Waals surface area contributed by atoms with Gasteiger partial charge in [-0.05, 0) is 42.7 Å². The lowest BCUT2D eigenvalue weighted by atomic mass is 10.0. The average Bonchev–Trinajstić information content (AvgIpc) is 3.01. The van der Waals surface area contributed by atoms with E-state index in [4.69, 9.17) is 19.6 Å². The first-order valence-electron chi connectivity index (χ1n) is 8.22. The molecule has 0 fully saturated rings. The van der Waals surface area contributed by atoms with Crippen molar-refractivity contribution in [3.05, 3.63) is 53.5 Å². The summed E-state index contributed by atoms with van der Waals surface area (Å²) < 4.78 is 16.3. The monoisotopic (exact) mass is 331 g/mol. The molecule has 1 aromatic heterocycles. The van der Waals surface area contributed by atoms with Crippen LogP contribution in [0.3, 0.4) is 0 Å². The Morgan fingerprint density at radius 2 is 1.79 bits per heavy atom. The molecule has 2 N–H and O–H groups in total. The third-order valence-electron chi connectivity index (χ3n) is 3.66. The van der Waals surface area contributed by atoms with Crippen molar-refractivity contribution in [2.75, 3.05) is 6.61 Å². The van der Waals surface area contributed by atoms with Gasteiger partial charge in [-0.15, -0.1) is 0 Å². The van der Waals surface area contributed by atoms with E-state index in [-0.39, 0.29) is 0 Å². The second-order valence-corrected chi connectivity index (χ2v) is 5.94. The standard InChI is InChI=1S/C19H25NO4/c1-4-22-19(21)18(20)11-16-9-10-17(24-16)12-23-15-7-5-14(6-8-15)13(2)3/h5-10,13,18H,4,11-12,20H2,1-3H3. The molecule has 5 heteroatoms. The molecule has 1 atom stereocenters. The van der Waals surface area contributed by atoms with Crippen LogP contribution in [0.5, 0.6) is 5.75 Å². The van der Waals surface area contributed by atoms with Gasteiger partial charge in [0, 0.05) is 6.42 Å². The number of nitrogens with two attached hydrogens (primary N) is 1. The van der Waals surface area contributed by atoms with Crippen LogP contribution in [0.2, 0.25) is 0 Å². The molecule has 1 aromatic carbocycles. The molecular formula is C19H25NO4. The molecule has 2 aromatic rings. The molecule has 0 bridgehead atoms. The molecule has 0 spiro atoms. The first kappa shape index (κ1) is 18.1. The van der Waals surface area contributed by atoms with Gasteiger partial charge >= 0.3 is 5.97 Å². The van der Waals surface area contributed by atoms with Gasteiger partial charge in [-0.1, -0.05) is 26.0 Å². The number of hydrogen-bond acceptors (Lipinski definition) is 5. The van der Waals surface area contributed by atoms with E-state index in [0.29, 0.717) is 37.1 Å². The van der Waals surface area contributed by atoms with Crippen LogP contribution in [0.1, 0.15) is 43.8 Å². The Morgan fingerprint density at radius 1 is 1.12 bits per heavy atom. The van der Waals surface area contributed by atoms with Crippen LogP contribution >= 0.6 is 0 Å². The zero-order valence-corrected chi connectivity index (χ0v) is 14.5. The molecule has 0 aliphatic carbocycles. The van der Waals surface area contributed by atoms with Gasteiger partial charge < -0.3 is 19.6 Å². The summed E-state index contributed by atoms with van der Waals surface area (Å²) in [6, 6.07) is 11.0. The van der Waals surface area contributed by atoms with Crippen LogP contribution in [0, 0.1) is 0 Å². The van der Waals surface area contributed by atoms with E-state index in [1.165, 1.54) is 5.56 Å². The highest BCUT2D eigenvalue weighted by molar-refractivity contribution is 5.75. The second kappa shape index (κ2) is 8.55. The smallest absolute Gasteiger partial charge is 0.323 e. The van der Waals surface area contributed by atoms with Crippen molar-refractivity contribution in [1.29, 1.82) is 0 Å². The fourth-order valence-electron chi connectivity index (χ4n) is 2.26. The number of esters is 1. The molecule has 5 nitrogen and oxygen atoms in total. The normalized spacial score (nSPS) is 12.2. The number of rotatable bonds is 8. The Balaban J connectivity index is 1.86. The van der Waals surface area contributed by atoms with Gasteiger partial charge in [0.15, 0.2) is 0 Å². The molecule has 0 aliphatic heterocycles. The van der Waals surface area contributed by atoms with Crippen molar-refractivity contribution in [3.63, 3.8) is 0 Å². The van der Waals surface area contributed by atoms with Gasteiger partial charge in [0.05, 0.1) is 6.61 Å². The Bertz CT molecular complexity index is 646. The number of carbonyl (C=O) groups is 1. The van der Waals surface area contributed by atoms with Crippen LogP contribution in [-0.2, 0) is 22.6 Å². The summed E-state index contributed by atoms with van der Waals surface area (Å²) in [6.07, 6.45) is 0.307. The number of benzene rings is 1. The molecule has 0 amide bonds. The fraction of sp³-hybridized carbons (Fsp3) is 0.421. The van der Waals surface area contributed by atoms with Crippen molar-refractivity contribution in [3.8, 4) is 5.75 Å². The van der Waals surface area contributed by atoms with Gasteiger partial charge in [0.25, 0.3) is 0 Å². The molecule has 24 heavy (non-hydrogen) atoms. The molecule has 130 valence electrons. The van der Waals surface area contributed by atoms with Gasteiger partial charge in [-0.2, -0.15) is 0 Å². The number of furan rings is 1. The van der Waals surface area contributed by atoms with Crippen molar-refractivity contribution >= 4 is 5.97 Å². The van der Waals surface area contributed by atoms with E-state index in [1.807, 2.05) is 18.2 Å². The Kier molecular flexibility index (Phi) is 6.44. The van der Waals surface area contributed by atoms with Crippen LogP contribution in [-0.4, -0.2) is 18.6 Å². The van der Waals surface area contributed by atoms with E-state index in [9.17, 15) is 4.79 Å². The molecular weight excluding hydrogens is 306 g/mol. The van der Waals surface area contributed by atoms with E-state index < -0.39 is 12.0 Å². The first-order valence-corrected chi connectivity index (χ1v) is 8.22. The number of hydrogen-bond donors (Lipinski definition) is 1. The highest BCUT2D eigenvalue weighted by Crippen LogP contribution is 2.20. The Labute approximate surface area is 142 Å². The summed E-state index contributed by atoms with van der Waals surface area (Å²) in [6.45, 7) is 6.71. The summed E-state index contributed by atoms with van der Waals surface area (Å²) in [7, 11) is 0.